The molecule has 5 nitrogen and oxygen atoms in total. The maximum Gasteiger partial charge on any atom is 0.226 e. The van der Waals surface area contributed by atoms with Crippen molar-refractivity contribution in [2.45, 2.75) is 13.3 Å². The van der Waals surface area contributed by atoms with Gasteiger partial charge in [-0.3, -0.25) is 4.79 Å². The molecular formula is C15H23ClN2O3. The van der Waals surface area contributed by atoms with E-state index in [4.69, 9.17) is 9.47 Å². The number of amides is 1. The number of rotatable bonds is 6. The van der Waals surface area contributed by atoms with Crippen molar-refractivity contribution in [1.29, 1.82) is 0 Å². The molecule has 1 atom stereocenters. The second kappa shape index (κ2) is 8.74. The highest BCUT2D eigenvalue weighted by atomic mass is 35.5. The Kier molecular flexibility index (Phi) is 7.32. The highest BCUT2D eigenvalue weighted by Crippen LogP contribution is 2.30. The maximum absolute atomic E-state index is 12.1. The molecule has 6 heteroatoms. The van der Waals surface area contributed by atoms with Crippen LogP contribution in [0.4, 0.5) is 0 Å². The number of carbonyl (C=O) groups excluding carboxylic acids is 1. The Hall–Kier alpha value is -1.46. The number of nitrogens with one attached hydrogen (secondary N) is 2. The van der Waals surface area contributed by atoms with Crippen molar-refractivity contribution in [3.05, 3.63) is 23.8 Å². The summed E-state index contributed by atoms with van der Waals surface area (Å²) in [4.78, 5) is 12.1. The number of benzene rings is 1. The highest BCUT2D eigenvalue weighted by Gasteiger charge is 2.26. The van der Waals surface area contributed by atoms with Crippen molar-refractivity contribution in [2.24, 2.45) is 5.92 Å². The Morgan fingerprint density at radius 1 is 1.43 bits per heavy atom. The van der Waals surface area contributed by atoms with Crippen LogP contribution in [0.1, 0.15) is 12.5 Å². The lowest BCUT2D eigenvalue weighted by Gasteiger charge is -2.25. The first-order valence-electron chi connectivity index (χ1n) is 7.02. The van der Waals surface area contributed by atoms with Gasteiger partial charge in [-0.2, -0.15) is 0 Å². The third kappa shape index (κ3) is 4.79. The number of methoxy groups -OCH3 is 1. The van der Waals surface area contributed by atoms with Crippen molar-refractivity contribution in [1.82, 2.24) is 10.6 Å². The number of ether oxygens (including phenoxy) is 2. The lowest BCUT2D eigenvalue weighted by atomic mass is 9.96. The van der Waals surface area contributed by atoms with Gasteiger partial charge in [-0.25, -0.2) is 0 Å². The average molecular weight is 315 g/mol. The van der Waals surface area contributed by atoms with Crippen LogP contribution in [0.3, 0.4) is 0 Å². The molecule has 0 aliphatic carbocycles. The quantitative estimate of drug-likeness (QED) is 0.779. The number of likely N-dealkylation sites (N-methyl/N-ethyl adjacent to an activating group) is 1. The van der Waals surface area contributed by atoms with E-state index in [1.807, 2.05) is 25.1 Å². The smallest absolute Gasteiger partial charge is 0.226 e. The average Bonchev–Trinajstić information content (AvgIpc) is 2.50. The normalized spacial score (nSPS) is 16.2. The van der Waals surface area contributed by atoms with Crippen LogP contribution >= 0.6 is 12.4 Å². The maximum atomic E-state index is 12.1. The molecule has 1 aliphatic heterocycles. The van der Waals surface area contributed by atoms with Gasteiger partial charge in [0.2, 0.25) is 5.91 Å². The summed E-state index contributed by atoms with van der Waals surface area (Å²) in [5.74, 6) is 1.57. The van der Waals surface area contributed by atoms with Gasteiger partial charge in [0.25, 0.3) is 0 Å². The second-order valence-electron chi connectivity index (χ2n) is 4.83. The van der Waals surface area contributed by atoms with Crippen LogP contribution in [0.5, 0.6) is 11.5 Å². The zero-order valence-electron chi connectivity index (χ0n) is 12.5. The van der Waals surface area contributed by atoms with E-state index < -0.39 is 0 Å². The number of halogens is 1. The number of hydrogen-bond donors (Lipinski definition) is 2. The Bertz CT molecular complexity index is 468. The summed E-state index contributed by atoms with van der Waals surface area (Å²) in [6.45, 7) is 4.83. The van der Waals surface area contributed by atoms with Gasteiger partial charge < -0.3 is 20.1 Å². The SMILES string of the molecule is CCNCCNC(=O)C1COc2ccc(OC)cc2C1.Cl. The van der Waals surface area contributed by atoms with Crippen LogP contribution in [0.15, 0.2) is 18.2 Å². The number of carbonyl (C=O) groups is 1. The van der Waals surface area contributed by atoms with Gasteiger partial charge in [-0.15, -0.1) is 12.4 Å². The third-order valence-electron chi connectivity index (χ3n) is 3.40. The van der Waals surface area contributed by atoms with Gasteiger partial charge in [0.1, 0.15) is 18.1 Å². The Balaban J connectivity index is 0.00000220. The van der Waals surface area contributed by atoms with Crippen LogP contribution in [0, 0.1) is 5.92 Å². The molecule has 0 radical (unpaired) electrons. The van der Waals surface area contributed by atoms with E-state index in [-0.39, 0.29) is 24.2 Å². The van der Waals surface area contributed by atoms with Crippen LogP contribution in [-0.2, 0) is 11.2 Å². The summed E-state index contributed by atoms with van der Waals surface area (Å²) < 4.78 is 10.9. The summed E-state index contributed by atoms with van der Waals surface area (Å²) >= 11 is 0. The van der Waals surface area contributed by atoms with Gasteiger partial charge >= 0.3 is 0 Å². The van der Waals surface area contributed by atoms with Crippen LogP contribution in [0.2, 0.25) is 0 Å². The first-order chi connectivity index (χ1) is 9.74. The molecular weight excluding hydrogens is 292 g/mol. The summed E-state index contributed by atoms with van der Waals surface area (Å²) in [6, 6.07) is 5.70. The molecule has 1 heterocycles. The Morgan fingerprint density at radius 2 is 2.24 bits per heavy atom. The van der Waals surface area contributed by atoms with Crippen LogP contribution in [-0.4, -0.2) is 39.3 Å². The van der Waals surface area contributed by atoms with Crippen molar-refractivity contribution < 1.29 is 14.3 Å². The number of fused-ring (bicyclic) bond motifs is 1. The minimum absolute atomic E-state index is 0. The van der Waals surface area contributed by atoms with Gasteiger partial charge in [0.15, 0.2) is 0 Å². The fourth-order valence-electron chi connectivity index (χ4n) is 2.26. The molecule has 0 saturated carbocycles. The standard InChI is InChI=1S/C15H22N2O3.ClH/c1-3-16-6-7-17-15(18)12-8-11-9-13(19-2)4-5-14(11)20-10-12;/h4-5,9,12,16H,3,6-8,10H2,1-2H3,(H,17,18);1H. The van der Waals surface area contributed by atoms with E-state index >= 15 is 0 Å². The summed E-state index contributed by atoms with van der Waals surface area (Å²) in [5, 5.41) is 6.11. The van der Waals surface area contributed by atoms with E-state index in [0.29, 0.717) is 19.6 Å². The monoisotopic (exact) mass is 314 g/mol. The summed E-state index contributed by atoms with van der Waals surface area (Å²) in [5.41, 5.74) is 1.03. The molecule has 118 valence electrons. The van der Waals surface area contributed by atoms with E-state index in [1.54, 1.807) is 7.11 Å². The fourth-order valence-corrected chi connectivity index (χ4v) is 2.26. The summed E-state index contributed by atoms with van der Waals surface area (Å²) in [7, 11) is 1.64. The van der Waals surface area contributed by atoms with Gasteiger partial charge in [-0.1, -0.05) is 6.92 Å². The minimum atomic E-state index is -0.128. The van der Waals surface area contributed by atoms with Gasteiger partial charge in [-0.05, 0) is 36.7 Å². The molecule has 1 aromatic carbocycles. The first kappa shape index (κ1) is 17.6. The van der Waals surface area contributed by atoms with E-state index in [0.717, 1.165) is 30.2 Å². The van der Waals surface area contributed by atoms with E-state index in [9.17, 15) is 4.79 Å². The molecule has 1 aromatic rings. The zero-order chi connectivity index (χ0) is 14.4. The van der Waals surface area contributed by atoms with E-state index in [1.165, 1.54) is 0 Å². The van der Waals surface area contributed by atoms with Crippen molar-refractivity contribution in [2.75, 3.05) is 33.4 Å². The van der Waals surface area contributed by atoms with E-state index in [2.05, 4.69) is 10.6 Å². The lowest BCUT2D eigenvalue weighted by Crippen LogP contribution is -2.40. The topological polar surface area (TPSA) is 59.6 Å². The molecule has 0 aromatic heterocycles. The highest BCUT2D eigenvalue weighted by molar-refractivity contribution is 5.85. The van der Waals surface area contributed by atoms with Gasteiger partial charge in [0.05, 0.1) is 13.0 Å². The molecule has 1 unspecified atom stereocenters. The third-order valence-corrected chi connectivity index (χ3v) is 3.40. The van der Waals surface area contributed by atoms with Crippen molar-refractivity contribution >= 4 is 18.3 Å². The molecule has 0 bridgehead atoms. The molecule has 0 fully saturated rings. The molecule has 0 saturated heterocycles. The predicted molar refractivity (Wildman–Crippen MR) is 84.5 cm³/mol. The van der Waals surface area contributed by atoms with Crippen molar-refractivity contribution in [3.63, 3.8) is 0 Å². The molecule has 1 amide bonds. The molecule has 2 N–H and O–H groups in total. The minimum Gasteiger partial charge on any atom is -0.497 e. The predicted octanol–water partition coefficient (Wildman–Crippen LogP) is 1.39. The molecule has 0 spiro atoms. The molecule has 1 aliphatic rings. The van der Waals surface area contributed by atoms with Crippen molar-refractivity contribution in [3.8, 4) is 11.5 Å². The lowest BCUT2D eigenvalue weighted by molar-refractivity contribution is -0.126. The Morgan fingerprint density at radius 3 is 2.95 bits per heavy atom. The first-order valence-corrected chi connectivity index (χ1v) is 7.02. The second-order valence-corrected chi connectivity index (χ2v) is 4.83. The Labute approximate surface area is 131 Å². The summed E-state index contributed by atoms with van der Waals surface area (Å²) in [6.07, 6.45) is 0.694. The van der Waals surface area contributed by atoms with Gasteiger partial charge in [0, 0.05) is 13.1 Å². The molecule has 2 rings (SSSR count). The fraction of sp³-hybridized carbons (Fsp3) is 0.533. The zero-order valence-corrected chi connectivity index (χ0v) is 13.3. The number of hydrogen-bond acceptors (Lipinski definition) is 4. The van der Waals surface area contributed by atoms with Crippen LogP contribution < -0.4 is 20.1 Å². The largest absolute Gasteiger partial charge is 0.497 e. The van der Waals surface area contributed by atoms with Crippen LogP contribution in [0.25, 0.3) is 0 Å². The molecule has 21 heavy (non-hydrogen) atoms.